The molecule has 2 amide bonds. The molecule has 2 fully saturated rings. The SMILES string of the molecule is CC(C(=O)Nc1sccc1C(N)=O)N1CCCC(CN2CCN(c3ccccn3)CC2)C1. The van der Waals surface area contributed by atoms with E-state index in [4.69, 9.17) is 5.73 Å². The normalized spacial score (nSPS) is 21.3. The molecule has 2 aromatic heterocycles. The molecule has 2 aliphatic heterocycles. The molecule has 4 heterocycles. The number of piperazine rings is 1. The summed E-state index contributed by atoms with van der Waals surface area (Å²) in [5, 5.41) is 5.21. The van der Waals surface area contributed by atoms with Crippen molar-refractivity contribution in [1.29, 1.82) is 0 Å². The second kappa shape index (κ2) is 10.4. The van der Waals surface area contributed by atoms with Crippen LogP contribution in [0, 0.1) is 5.92 Å². The molecule has 2 aromatic rings. The Labute approximate surface area is 193 Å². The van der Waals surface area contributed by atoms with E-state index in [1.165, 1.54) is 17.8 Å². The number of primary amides is 1. The van der Waals surface area contributed by atoms with Gasteiger partial charge < -0.3 is 16.0 Å². The molecule has 4 rings (SSSR count). The highest BCUT2D eigenvalue weighted by Gasteiger charge is 2.30. The van der Waals surface area contributed by atoms with Gasteiger partial charge in [0.25, 0.3) is 5.91 Å². The first-order valence-electron chi connectivity index (χ1n) is 11.3. The predicted molar refractivity (Wildman–Crippen MR) is 128 cm³/mol. The monoisotopic (exact) mass is 456 g/mol. The maximum absolute atomic E-state index is 12.8. The molecule has 0 aliphatic carbocycles. The molecule has 0 bridgehead atoms. The fourth-order valence-electron chi connectivity index (χ4n) is 4.65. The average molecular weight is 457 g/mol. The van der Waals surface area contributed by atoms with E-state index in [0.29, 0.717) is 16.5 Å². The van der Waals surface area contributed by atoms with Crippen molar-refractivity contribution in [2.24, 2.45) is 11.7 Å². The number of carbonyl (C=O) groups excluding carboxylic acids is 2. The highest BCUT2D eigenvalue weighted by Crippen LogP contribution is 2.25. The number of nitrogens with one attached hydrogen (secondary N) is 1. The number of nitrogens with two attached hydrogens (primary N) is 1. The maximum Gasteiger partial charge on any atom is 0.251 e. The van der Waals surface area contributed by atoms with Crippen LogP contribution in [0.25, 0.3) is 0 Å². The second-order valence-electron chi connectivity index (χ2n) is 8.67. The summed E-state index contributed by atoms with van der Waals surface area (Å²) in [5.74, 6) is 1.01. The lowest BCUT2D eigenvalue weighted by Gasteiger charge is -2.40. The van der Waals surface area contributed by atoms with Gasteiger partial charge in [-0.2, -0.15) is 0 Å². The fourth-order valence-corrected chi connectivity index (χ4v) is 5.44. The maximum atomic E-state index is 12.8. The standard InChI is InChI=1S/C23H32N6O2S/c1-17(22(31)26-23-19(21(24)30)7-14-32-23)29-9-4-5-18(16-29)15-27-10-12-28(13-11-27)20-6-2-3-8-25-20/h2-3,6-8,14,17-18H,4-5,9-13,15-16H2,1H3,(H2,24,30)(H,26,31). The Morgan fingerprint density at radius 3 is 2.75 bits per heavy atom. The molecule has 0 saturated carbocycles. The Bertz CT molecular complexity index is 912. The lowest BCUT2D eigenvalue weighted by Crippen LogP contribution is -2.52. The Morgan fingerprint density at radius 2 is 2.03 bits per heavy atom. The molecular weight excluding hydrogens is 424 g/mol. The van der Waals surface area contributed by atoms with Gasteiger partial charge in [0.1, 0.15) is 10.8 Å². The van der Waals surface area contributed by atoms with Gasteiger partial charge >= 0.3 is 0 Å². The molecule has 2 saturated heterocycles. The summed E-state index contributed by atoms with van der Waals surface area (Å²) in [6.45, 7) is 8.92. The molecule has 2 atom stereocenters. The van der Waals surface area contributed by atoms with Gasteiger partial charge in [0.2, 0.25) is 5.91 Å². The number of thiophene rings is 1. The number of piperidine rings is 1. The van der Waals surface area contributed by atoms with Gasteiger partial charge in [-0.15, -0.1) is 11.3 Å². The van der Waals surface area contributed by atoms with Gasteiger partial charge in [0.15, 0.2) is 0 Å². The van der Waals surface area contributed by atoms with Crippen LogP contribution in [-0.2, 0) is 4.79 Å². The van der Waals surface area contributed by atoms with Crippen molar-refractivity contribution >= 4 is 34.0 Å². The van der Waals surface area contributed by atoms with Gasteiger partial charge in [0, 0.05) is 45.5 Å². The molecular formula is C23H32N6O2S. The van der Waals surface area contributed by atoms with Gasteiger partial charge in [0.05, 0.1) is 11.6 Å². The number of pyridine rings is 1. The van der Waals surface area contributed by atoms with Crippen molar-refractivity contribution in [2.75, 3.05) is 56.0 Å². The van der Waals surface area contributed by atoms with E-state index < -0.39 is 5.91 Å². The first-order valence-corrected chi connectivity index (χ1v) is 12.2. The van der Waals surface area contributed by atoms with E-state index in [-0.39, 0.29) is 11.9 Å². The fraction of sp³-hybridized carbons (Fsp3) is 0.522. The lowest BCUT2D eigenvalue weighted by molar-refractivity contribution is -0.121. The number of hydrogen-bond donors (Lipinski definition) is 2. The minimum atomic E-state index is -0.518. The number of amides is 2. The van der Waals surface area contributed by atoms with Crippen molar-refractivity contribution < 1.29 is 9.59 Å². The molecule has 2 unspecified atom stereocenters. The first-order chi connectivity index (χ1) is 15.5. The van der Waals surface area contributed by atoms with E-state index in [1.807, 2.05) is 25.3 Å². The van der Waals surface area contributed by atoms with Crippen LogP contribution >= 0.6 is 11.3 Å². The third kappa shape index (κ3) is 5.46. The van der Waals surface area contributed by atoms with Crippen molar-refractivity contribution in [1.82, 2.24) is 14.8 Å². The van der Waals surface area contributed by atoms with Gasteiger partial charge in [-0.05, 0) is 55.8 Å². The van der Waals surface area contributed by atoms with E-state index in [0.717, 1.165) is 58.1 Å². The molecule has 2 aliphatic rings. The van der Waals surface area contributed by atoms with E-state index in [9.17, 15) is 9.59 Å². The molecule has 0 aromatic carbocycles. The van der Waals surface area contributed by atoms with Crippen LogP contribution in [-0.4, -0.2) is 78.5 Å². The van der Waals surface area contributed by atoms with E-state index in [1.54, 1.807) is 11.4 Å². The largest absolute Gasteiger partial charge is 0.366 e. The summed E-state index contributed by atoms with van der Waals surface area (Å²) in [6, 6.07) is 7.46. The summed E-state index contributed by atoms with van der Waals surface area (Å²) >= 11 is 1.33. The van der Waals surface area contributed by atoms with Crippen molar-refractivity contribution in [3.05, 3.63) is 41.4 Å². The van der Waals surface area contributed by atoms with Crippen LogP contribution in [0.5, 0.6) is 0 Å². The number of aromatic nitrogens is 1. The predicted octanol–water partition coefficient (Wildman–Crippen LogP) is 2.10. The summed E-state index contributed by atoms with van der Waals surface area (Å²) in [7, 11) is 0. The molecule has 3 N–H and O–H groups in total. The highest BCUT2D eigenvalue weighted by molar-refractivity contribution is 7.14. The average Bonchev–Trinajstić information content (AvgIpc) is 3.28. The highest BCUT2D eigenvalue weighted by atomic mass is 32.1. The molecule has 32 heavy (non-hydrogen) atoms. The van der Waals surface area contributed by atoms with Crippen LogP contribution in [0.2, 0.25) is 0 Å². The van der Waals surface area contributed by atoms with Crippen molar-refractivity contribution in [2.45, 2.75) is 25.8 Å². The third-order valence-corrected chi connectivity index (χ3v) is 7.34. The zero-order valence-electron chi connectivity index (χ0n) is 18.6. The van der Waals surface area contributed by atoms with Crippen molar-refractivity contribution in [3.63, 3.8) is 0 Å². The summed E-state index contributed by atoms with van der Waals surface area (Å²) in [4.78, 5) is 36.0. The third-order valence-electron chi connectivity index (χ3n) is 6.51. The smallest absolute Gasteiger partial charge is 0.251 e. The minimum absolute atomic E-state index is 0.0837. The van der Waals surface area contributed by atoms with Crippen LogP contribution in [0.1, 0.15) is 30.1 Å². The topological polar surface area (TPSA) is 94.8 Å². The zero-order chi connectivity index (χ0) is 22.5. The number of carbonyl (C=O) groups is 2. The molecule has 9 heteroatoms. The minimum Gasteiger partial charge on any atom is -0.366 e. The zero-order valence-corrected chi connectivity index (χ0v) is 19.4. The van der Waals surface area contributed by atoms with E-state index in [2.05, 4.69) is 31.1 Å². The van der Waals surface area contributed by atoms with Crippen molar-refractivity contribution in [3.8, 4) is 0 Å². The molecule has 8 nitrogen and oxygen atoms in total. The van der Waals surface area contributed by atoms with Gasteiger partial charge in [-0.3, -0.25) is 19.4 Å². The molecule has 172 valence electrons. The van der Waals surface area contributed by atoms with Gasteiger partial charge in [-0.25, -0.2) is 4.98 Å². The first kappa shape index (κ1) is 22.7. The second-order valence-corrected chi connectivity index (χ2v) is 9.59. The number of rotatable bonds is 7. The van der Waals surface area contributed by atoms with Crippen LogP contribution in [0.3, 0.4) is 0 Å². The lowest BCUT2D eigenvalue weighted by atomic mass is 9.95. The molecule has 0 spiro atoms. The number of likely N-dealkylation sites (tertiary alicyclic amines) is 1. The quantitative estimate of drug-likeness (QED) is 0.663. The summed E-state index contributed by atoms with van der Waals surface area (Å²) in [5.41, 5.74) is 5.77. The van der Waals surface area contributed by atoms with Gasteiger partial charge in [-0.1, -0.05) is 6.07 Å². The summed E-state index contributed by atoms with van der Waals surface area (Å²) < 4.78 is 0. The van der Waals surface area contributed by atoms with Crippen LogP contribution < -0.4 is 16.0 Å². The van der Waals surface area contributed by atoms with Crippen LogP contribution in [0.4, 0.5) is 10.8 Å². The number of hydrogen-bond acceptors (Lipinski definition) is 7. The Morgan fingerprint density at radius 1 is 1.22 bits per heavy atom. The molecule has 0 radical (unpaired) electrons. The summed E-state index contributed by atoms with van der Waals surface area (Å²) in [6.07, 6.45) is 4.15. The number of nitrogens with zero attached hydrogens (tertiary/aromatic N) is 4. The van der Waals surface area contributed by atoms with E-state index >= 15 is 0 Å². The Kier molecular flexibility index (Phi) is 7.39. The Balaban J connectivity index is 1.26. The van der Waals surface area contributed by atoms with Crippen LogP contribution in [0.15, 0.2) is 35.8 Å². The Hall–Kier alpha value is -2.49. The number of anilines is 2.